The molecule has 0 spiro atoms. The number of rotatable bonds is 3. The van der Waals surface area contributed by atoms with Gasteiger partial charge in [-0.1, -0.05) is 50.1 Å². The first-order chi connectivity index (χ1) is 16.5. The quantitative estimate of drug-likeness (QED) is 0.459. The molecule has 2 N–H and O–H groups in total. The molecule has 0 bridgehead atoms. The molecule has 1 aromatic heterocycles. The number of aliphatic hydroxyl groups excluding tert-OH is 2. The van der Waals surface area contributed by atoms with Gasteiger partial charge in [0.05, 0.1) is 47.5 Å². The van der Waals surface area contributed by atoms with Gasteiger partial charge in [0.15, 0.2) is 0 Å². The summed E-state index contributed by atoms with van der Waals surface area (Å²) in [5.74, 6) is -1.73. The third-order valence-corrected chi connectivity index (χ3v) is 6.96. The van der Waals surface area contributed by atoms with Crippen LogP contribution in [0.3, 0.4) is 0 Å². The molecule has 194 valence electrons. The average molecular weight is 508 g/mol. The summed E-state index contributed by atoms with van der Waals surface area (Å²) in [6, 6.07) is 5.41. The first-order valence-electron chi connectivity index (χ1n) is 12.1. The van der Waals surface area contributed by atoms with Crippen molar-refractivity contribution in [2.45, 2.75) is 84.7 Å². The normalized spacial score (nSPS) is 31.4. The lowest BCUT2D eigenvalue weighted by molar-refractivity contribution is -0.155. The van der Waals surface area contributed by atoms with E-state index < -0.39 is 41.7 Å². The number of halogens is 1. The molecular weight excluding hydrogens is 470 g/mol. The lowest BCUT2D eigenvalue weighted by Gasteiger charge is -2.35. The van der Waals surface area contributed by atoms with Crippen molar-refractivity contribution in [3.63, 3.8) is 0 Å². The Kier molecular flexibility index (Phi) is 11.1. The molecule has 1 aromatic rings. The third kappa shape index (κ3) is 8.24. The van der Waals surface area contributed by atoms with Crippen LogP contribution in [0.25, 0.3) is 6.08 Å². The molecule has 1 aliphatic heterocycles. The van der Waals surface area contributed by atoms with Gasteiger partial charge in [0.25, 0.3) is 0 Å². The molecular formula is C27H38ClNO6. The summed E-state index contributed by atoms with van der Waals surface area (Å²) in [7, 11) is 0. The number of hydrogen-bond acceptors (Lipinski definition) is 7. The van der Waals surface area contributed by atoms with Crippen molar-refractivity contribution >= 4 is 29.4 Å². The molecule has 1 unspecified atom stereocenters. The van der Waals surface area contributed by atoms with E-state index >= 15 is 0 Å². The van der Waals surface area contributed by atoms with Crippen molar-refractivity contribution in [1.29, 1.82) is 0 Å². The zero-order chi connectivity index (χ0) is 26.2. The number of carbonyl (C=O) groups excluding carboxylic acids is 2. The number of Topliss-reactive ketones (excluding diaryl/α,β-unsaturated/α-hetero) is 1. The highest BCUT2D eigenvalue weighted by atomic mass is 35.5. The number of cyclic esters (lactones) is 1. The largest absolute Gasteiger partial charge is 0.456 e. The van der Waals surface area contributed by atoms with Gasteiger partial charge < -0.3 is 19.7 Å². The molecule has 5 atom stereocenters. The Morgan fingerprint density at radius 1 is 1.29 bits per heavy atom. The van der Waals surface area contributed by atoms with Gasteiger partial charge in [-0.3, -0.25) is 14.6 Å². The maximum Gasteiger partial charge on any atom is 0.309 e. The predicted molar refractivity (Wildman–Crippen MR) is 136 cm³/mol. The van der Waals surface area contributed by atoms with Gasteiger partial charge >= 0.3 is 5.97 Å². The predicted octanol–water partition coefficient (Wildman–Crippen LogP) is 4.45. The minimum Gasteiger partial charge on any atom is -0.456 e. The Labute approximate surface area is 213 Å². The number of esters is 1. The number of aliphatic hydroxyl groups is 2. The molecule has 2 heterocycles. The highest BCUT2D eigenvalue weighted by Crippen LogP contribution is 2.32. The standard InChI is InChI=1S/C27H38ClNO6/c1-6-20-25(32)18(3)34-14-12-17(2)10-11-22(21(28)15-19-9-7-8-13-29-19)35-24(31)16-23(30)27(4,5)26(20)33/h7-10,13,15,18,20,22-23,25,30,32H,6,11-12,14,16H2,1-5H3/b17-10-,21-15-/t18-,20-,22?,23+,25-/m1/s1. The lowest BCUT2D eigenvalue weighted by atomic mass is 9.73. The zero-order valence-corrected chi connectivity index (χ0v) is 22.0. The number of aromatic nitrogens is 1. The van der Waals surface area contributed by atoms with E-state index in [1.54, 1.807) is 52.1 Å². The minimum atomic E-state index is -1.30. The minimum absolute atomic E-state index is 0.297. The number of ketones is 1. The Morgan fingerprint density at radius 2 is 2.00 bits per heavy atom. The van der Waals surface area contributed by atoms with E-state index in [9.17, 15) is 19.8 Å². The first kappa shape index (κ1) is 29.2. The van der Waals surface area contributed by atoms with Gasteiger partial charge in [-0.05, 0) is 44.9 Å². The Morgan fingerprint density at radius 3 is 2.63 bits per heavy atom. The van der Waals surface area contributed by atoms with Crippen molar-refractivity contribution in [1.82, 2.24) is 4.98 Å². The molecule has 7 nitrogen and oxygen atoms in total. The Hall–Kier alpha value is -2.06. The maximum absolute atomic E-state index is 13.3. The van der Waals surface area contributed by atoms with E-state index in [1.807, 2.05) is 19.1 Å². The molecule has 0 amide bonds. The van der Waals surface area contributed by atoms with E-state index in [0.29, 0.717) is 36.6 Å². The number of ether oxygens (including phenoxy) is 2. The fraction of sp³-hybridized carbons (Fsp3) is 0.593. The van der Waals surface area contributed by atoms with Crippen LogP contribution in [0.1, 0.15) is 66.0 Å². The molecule has 0 fully saturated rings. The molecule has 0 saturated heterocycles. The maximum atomic E-state index is 13.3. The monoisotopic (exact) mass is 507 g/mol. The van der Waals surface area contributed by atoms with Gasteiger partial charge in [-0.2, -0.15) is 0 Å². The first-order valence-corrected chi connectivity index (χ1v) is 12.5. The smallest absolute Gasteiger partial charge is 0.309 e. The molecule has 35 heavy (non-hydrogen) atoms. The summed E-state index contributed by atoms with van der Waals surface area (Å²) >= 11 is 6.54. The zero-order valence-electron chi connectivity index (χ0n) is 21.2. The second-order valence-electron chi connectivity index (χ2n) is 9.69. The fourth-order valence-electron chi connectivity index (χ4n) is 4.00. The van der Waals surface area contributed by atoms with Crippen LogP contribution in [0, 0.1) is 11.3 Å². The molecule has 2 rings (SSSR count). The fourth-order valence-corrected chi connectivity index (χ4v) is 4.24. The third-order valence-electron chi connectivity index (χ3n) is 6.61. The van der Waals surface area contributed by atoms with Crippen LogP contribution in [0.2, 0.25) is 0 Å². The topological polar surface area (TPSA) is 106 Å². The second-order valence-corrected chi connectivity index (χ2v) is 10.1. The SMILES string of the molecule is CC[C@H]1C(=O)C(C)(C)[C@@H](O)CC(=O)OC(/C(Cl)=C/c2ccccn2)C/C=C(/C)CCO[C@H](C)[C@H]1O. The van der Waals surface area contributed by atoms with E-state index in [1.165, 1.54) is 0 Å². The van der Waals surface area contributed by atoms with Gasteiger partial charge in [-0.25, -0.2) is 0 Å². The van der Waals surface area contributed by atoms with Crippen molar-refractivity contribution in [2.24, 2.45) is 11.3 Å². The summed E-state index contributed by atoms with van der Waals surface area (Å²) < 4.78 is 11.5. The van der Waals surface area contributed by atoms with Crippen LogP contribution in [-0.2, 0) is 19.1 Å². The number of pyridine rings is 1. The molecule has 1 aliphatic rings. The Balaban J connectivity index is 2.36. The number of hydrogen-bond donors (Lipinski definition) is 2. The molecule has 0 radical (unpaired) electrons. The van der Waals surface area contributed by atoms with Crippen molar-refractivity contribution in [3.8, 4) is 0 Å². The molecule has 0 aromatic carbocycles. The van der Waals surface area contributed by atoms with Gasteiger partial charge in [-0.15, -0.1) is 0 Å². The van der Waals surface area contributed by atoms with Crippen LogP contribution in [0.5, 0.6) is 0 Å². The van der Waals surface area contributed by atoms with E-state index in [4.69, 9.17) is 21.1 Å². The summed E-state index contributed by atoms with van der Waals surface area (Å²) in [6.07, 6.45) is 2.48. The molecule has 8 heteroatoms. The van der Waals surface area contributed by atoms with E-state index in [2.05, 4.69) is 4.98 Å². The van der Waals surface area contributed by atoms with Crippen LogP contribution in [-0.4, -0.2) is 58.0 Å². The van der Waals surface area contributed by atoms with Crippen molar-refractivity contribution in [3.05, 3.63) is 46.8 Å². The van der Waals surface area contributed by atoms with Crippen molar-refractivity contribution in [2.75, 3.05) is 6.61 Å². The van der Waals surface area contributed by atoms with Gasteiger partial charge in [0.1, 0.15) is 11.9 Å². The molecule has 0 aliphatic carbocycles. The molecule has 0 saturated carbocycles. The summed E-state index contributed by atoms with van der Waals surface area (Å²) in [5.41, 5.74) is 0.350. The van der Waals surface area contributed by atoms with Gasteiger partial charge in [0, 0.05) is 18.5 Å². The Bertz CT molecular complexity index is 914. The lowest BCUT2D eigenvalue weighted by Crippen LogP contribution is -2.47. The summed E-state index contributed by atoms with van der Waals surface area (Å²) in [4.78, 5) is 30.4. The average Bonchev–Trinajstić information content (AvgIpc) is 2.81. The van der Waals surface area contributed by atoms with Crippen molar-refractivity contribution < 1.29 is 29.3 Å². The van der Waals surface area contributed by atoms with Crippen LogP contribution in [0.4, 0.5) is 0 Å². The van der Waals surface area contributed by atoms with Crippen LogP contribution < -0.4 is 0 Å². The summed E-state index contributed by atoms with van der Waals surface area (Å²) in [5, 5.41) is 22.0. The number of nitrogens with zero attached hydrogens (tertiary/aromatic N) is 1. The van der Waals surface area contributed by atoms with Crippen LogP contribution >= 0.6 is 11.6 Å². The van der Waals surface area contributed by atoms with Gasteiger partial charge in [0.2, 0.25) is 0 Å². The summed E-state index contributed by atoms with van der Waals surface area (Å²) in [6.45, 7) is 9.00. The highest BCUT2D eigenvalue weighted by molar-refractivity contribution is 6.32. The number of carbonyl (C=O) groups is 2. The van der Waals surface area contributed by atoms with E-state index in [-0.39, 0.29) is 12.2 Å². The van der Waals surface area contributed by atoms with Crippen LogP contribution in [0.15, 0.2) is 41.1 Å². The van der Waals surface area contributed by atoms with E-state index in [0.717, 1.165) is 5.57 Å². The highest BCUT2D eigenvalue weighted by Gasteiger charge is 2.43. The second kappa shape index (κ2) is 13.3.